The van der Waals surface area contributed by atoms with Crippen LogP contribution in [-0.4, -0.2) is 37.0 Å². The number of carbonyl (C=O) groups is 1. The molecule has 1 atom stereocenters. The van der Waals surface area contributed by atoms with Crippen LogP contribution in [0.2, 0.25) is 0 Å². The Bertz CT molecular complexity index is 346. The number of hydrogen-bond acceptors (Lipinski definition) is 4. The Morgan fingerprint density at radius 1 is 0.667 bits per heavy atom. The molecule has 0 saturated carbocycles. The van der Waals surface area contributed by atoms with Crippen LogP contribution in [0.4, 0.5) is 0 Å². The highest BCUT2D eigenvalue weighted by Crippen LogP contribution is 2.14. The summed E-state index contributed by atoms with van der Waals surface area (Å²) < 4.78 is 10.4. The minimum Gasteiger partial charge on any atom is -0.458 e. The number of ether oxygens (including phenoxy) is 2. The summed E-state index contributed by atoms with van der Waals surface area (Å²) >= 11 is 0. The number of aliphatic hydroxyl groups is 1. The molecule has 0 saturated heterocycles. The number of esters is 1. The minimum absolute atomic E-state index is 0.182. The zero-order chi connectivity index (χ0) is 22.1. The molecule has 0 aromatic heterocycles. The monoisotopic (exact) mass is 428 g/mol. The van der Waals surface area contributed by atoms with Gasteiger partial charge in [0.15, 0.2) is 0 Å². The SMILES string of the molecule is CCCCCCCCCCCCCCCCCCCCCOCC(CO)OC(C)=O. The van der Waals surface area contributed by atoms with Crippen molar-refractivity contribution in [3.05, 3.63) is 0 Å². The summed E-state index contributed by atoms with van der Waals surface area (Å²) in [5, 5.41) is 9.08. The van der Waals surface area contributed by atoms with E-state index in [4.69, 9.17) is 14.6 Å². The number of unbranched alkanes of at least 4 members (excludes halogenated alkanes) is 18. The van der Waals surface area contributed by atoms with Gasteiger partial charge >= 0.3 is 5.97 Å². The Hall–Kier alpha value is -0.610. The zero-order valence-electron chi connectivity index (χ0n) is 20.3. The molecule has 1 unspecified atom stereocenters. The van der Waals surface area contributed by atoms with E-state index in [1.165, 1.54) is 122 Å². The summed E-state index contributed by atoms with van der Waals surface area (Å²) in [7, 11) is 0. The van der Waals surface area contributed by atoms with Crippen molar-refractivity contribution in [2.24, 2.45) is 0 Å². The van der Waals surface area contributed by atoms with E-state index in [2.05, 4.69) is 6.92 Å². The lowest BCUT2D eigenvalue weighted by Crippen LogP contribution is -2.26. The topological polar surface area (TPSA) is 55.8 Å². The van der Waals surface area contributed by atoms with Gasteiger partial charge in [-0.15, -0.1) is 0 Å². The van der Waals surface area contributed by atoms with E-state index in [0.717, 1.165) is 6.42 Å². The van der Waals surface area contributed by atoms with Gasteiger partial charge in [0.05, 0.1) is 13.2 Å². The van der Waals surface area contributed by atoms with Crippen molar-refractivity contribution in [3.63, 3.8) is 0 Å². The normalized spacial score (nSPS) is 12.2. The second kappa shape index (κ2) is 24.7. The van der Waals surface area contributed by atoms with E-state index in [0.29, 0.717) is 6.61 Å². The molecule has 0 heterocycles. The third-order valence-electron chi connectivity index (χ3n) is 5.73. The lowest BCUT2D eigenvalue weighted by Gasteiger charge is -2.14. The molecule has 4 heteroatoms. The van der Waals surface area contributed by atoms with Crippen molar-refractivity contribution in [1.82, 2.24) is 0 Å². The van der Waals surface area contributed by atoms with Gasteiger partial charge in [0.2, 0.25) is 0 Å². The van der Waals surface area contributed by atoms with E-state index >= 15 is 0 Å². The van der Waals surface area contributed by atoms with Crippen molar-refractivity contribution in [2.45, 2.75) is 142 Å². The molecule has 0 spiro atoms. The fourth-order valence-electron chi connectivity index (χ4n) is 3.86. The number of rotatable bonds is 24. The van der Waals surface area contributed by atoms with Crippen LogP contribution in [-0.2, 0) is 14.3 Å². The first-order chi connectivity index (χ1) is 14.7. The standard InChI is InChI=1S/C26H52O4/c1-3-4-5-6-7-8-9-10-11-12-13-14-15-16-17-18-19-20-21-22-29-24-26(23-27)30-25(2)28/h26-27H,3-24H2,1-2H3. The molecule has 0 aliphatic carbocycles. The summed E-state index contributed by atoms with van der Waals surface area (Å²) in [5.41, 5.74) is 0. The van der Waals surface area contributed by atoms with Crippen molar-refractivity contribution in [2.75, 3.05) is 19.8 Å². The average molecular weight is 429 g/mol. The Labute approximate surface area is 187 Å². The maximum atomic E-state index is 10.8. The molecule has 1 N–H and O–H groups in total. The van der Waals surface area contributed by atoms with Crippen molar-refractivity contribution >= 4 is 5.97 Å². The molecule has 0 amide bonds. The summed E-state index contributed by atoms with van der Waals surface area (Å²) in [4.78, 5) is 10.8. The fraction of sp³-hybridized carbons (Fsp3) is 0.962. The van der Waals surface area contributed by atoms with Crippen LogP contribution in [0.25, 0.3) is 0 Å². The third kappa shape index (κ3) is 23.7. The van der Waals surface area contributed by atoms with Crippen molar-refractivity contribution in [3.8, 4) is 0 Å². The van der Waals surface area contributed by atoms with Crippen molar-refractivity contribution in [1.29, 1.82) is 0 Å². The maximum absolute atomic E-state index is 10.8. The maximum Gasteiger partial charge on any atom is 0.303 e. The molecule has 180 valence electrons. The van der Waals surface area contributed by atoms with Gasteiger partial charge in [-0.2, -0.15) is 0 Å². The number of carbonyl (C=O) groups excluding carboxylic acids is 1. The fourth-order valence-corrected chi connectivity index (χ4v) is 3.86. The van der Waals surface area contributed by atoms with Gasteiger partial charge < -0.3 is 14.6 Å². The average Bonchev–Trinajstić information content (AvgIpc) is 2.73. The van der Waals surface area contributed by atoms with E-state index < -0.39 is 6.10 Å². The van der Waals surface area contributed by atoms with Gasteiger partial charge in [-0.25, -0.2) is 0 Å². The quantitative estimate of drug-likeness (QED) is 0.129. The molecule has 30 heavy (non-hydrogen) atoms. The largest absolute Gasteiger partial charge is 0.458 e. The molecule has 0 bridgehead atoms. The first kappa shape index (κ1) is 29.4. The van der Waals surface area contributed by atoms with Gasteiger partial charge in [-0.3, -0.25) is 4.79 Å². The van der Waals surface area contributed by atoms with Gasteiger partial charge in [0.1, 0.15) is 6.10 Å². The minimum atomic E-state index is -0.525. The summed E-state index contributed by atoms with van der Waals surface area (Å²) in [5.74, 6) is -0.374. The summed E-state index contributed by atoms with van der Waals surface area (Å²) in [6.07, 6.45) is 25.6. The van der Waals surface area contributed by atoms with Crippen LogP contribution in [0, 0.1) is 0 Å². The molecule has 0 fully saturated rings. The van der Waals surface area contributed by atoms with E-state index in [1.54, 1.807) is 0 Å². The van der Waals surface area contributed by atoms with E-state index in [-0.39, 0.29) is 19.2 Å². The lowest BCUT2D eigenvalue weighted by atomic mass is 10.0. The van der Waals surface area contributed by atoms with Gasteiger partial charge in [-0.05, 0) is 6.42 Å². The van der Waals surface area contributed by atoms with Gasteiger partial charge in [0, 0.05) is 13.5 Å². The predicted molar refractivity (Wildman–Crippen MR) is 127 cm³/mol. The van der Waals surface area contributed by atoms with E-state index in [1.807, 2.05) is 0 Å². The van der Waals surface area contributed by atoms with Gasteiger partial charge in [-0.1, -0.05) is 122 Å². The van der Waals surface area contributed by atoms with Crippen molar-refractivity contribution < 1.29 is 19.4 Å². The number of hydrogen-bond donors (Lipinski definition) is 1. The molecular weight excluding hydrogens is 376 g/mol. The lowest BCUT2D eigenvalue weighted by molar-refractivity contribution is -0.152. The molecule has 0 aromatic rings. The van der Waals surface area contributed by atoms with Crippen LogP contribution in [0.5, 0.6) is 0 Å². The van der Waals surface area contributed by atoms with E-state index in [9.17, 15) is 4.79 Å². The van der Waals surface area contributed by atoms with Gasteiger partial charge in [0.25, 0.3) is 0 Å². The third-order valence-corrected chi connectivity index (χ3v) is 5.73. The summed E-state index contributed by atoms with van der Waals surface area (Å²) in [6.45, 7) is 4.41. The smallest absolute Gasteiger partial charge is 0.303 e. The number of aliphatic hydroxyl groups excluding tert-OH is 1. The van der Waals surface area contributed by atoms with Crippen LogP contribution in [0.15, 0.2) is 0 Å². The predicted octanol–water partition coefficient (Wildman–Crippen LogP) is 7.36. The first-order valence-electron chi connectivity index (χ1n) is 13.1. The second-order valence-electron chi connectivity index (χ2n) is 8.85. The molecule has 0 rings (SSSR count). The Morgan fingerprint density at radius 3 is 1.37 bits per heavy atom. The highest BCUT2D eigenvalue weighted by atomic mass is 16.6. The molecule has 0 radical (unpaired) electrons. The Morgan fingerprint density at radius 2 is 1.03 bits per heavy atom. The van der Waals surface area contributed by atoms with Crippen LogP contribution >= 0.6 is 0 Å². The molecule has 0 aromatic carbocycles. The highest BCUT2D eigenvalue weighted by Gasteiger charge is 2.10. The Kier molecular flexibility index (Phi) is 24.2. The molecular formula is C26H52O4. The van der Waals surface area contributed by atoms with Crippen LogP contribution in [0.3, 0.4) is 0 Å². The first-order valence-corrected chi connectivity index (χ1v) is 13.1. The van der Waals surface area contributed by atoms with Crippen LogP contribution in [0.1, 0.15) is 136 Å². The molecule has 0 aliphatic heterocycles. The summed E-state index contributed by atoms with van der Waals surface area (Å²) in [6, 6.07) is 0. The zero-order valence-corrected chi connectivity index (χ0v) is 20.3. The Balaban J connectivity index is 3.12. The molecule has 0 aliphatic rings. The molecule has 4 nitrogen and oxygen atoms in total. The second-order valence-corrected chi connectivity index (χ2v) is 8.85. The highest BCUT2D eigenvalue weighted by molar-refractivity contribution is 5.66. The van der Waals surface area contributed by atoms with Crippen LogP contribution < -0.4 is 0 Å².